The van der Waals surface area contributed by atoms with Crippen LogP contribution in [0, 0.1) is 25.2 Å². The van der Waals surface area contributed by atoms with Crippen molar-refractivity contribution in [1.29, 1.82) is 5.26 Å². The van der Waals surface area contributed by atoms with E-state index in [-0.39, 0.29) is 6.04 Å². The highest BCUT2D eigenvalue weighted by atomic mass is 16.5. The van der Waals surface area contributed by atoms with Gasteiger partial charge in [-0.25, -0.2) is 4.79 Å². The Morgan fingerprint density at radius 2 is 1.87 bits per heavy atom. The molecule has 1 aliphatic rings. The molecule has 158 valence electrons. The molecule has 1 saturated carbocycles. The molecule has 1 aliphatic carbocycles. The van der Waals surface area contributed by atoms with Crippen molar-refractivity contribution in [3.8, 4) is 11.8 Å². The summed E-state index contributed by atoms with van der Waals surface area (Å²) < 4.78 is 12.6. The van der Waals surface area contributed by atoms with E-state index >= 15 is 0 Å². The van der Waals surface area contributed by atoms with Crippen LogP contribution in [-0.4, -0.2) is 29.7 Å². The van der Waals surface area contributed by atoms with Gasteiger partial charge in [0.15, 0.2) is 6.61 Å². The lowest BCUT2D eigenvalue weighted by molar-refractivity contribution is -0.119. The van der Waals surface area contributed by atoms with Crippen molar-refractivity contribution >= 4 is 17.7 Å². The minimum Gasteiger partial charge on any atom is -0.494 e. The van der Waals surface area contributed by atoms with E-state index in [0.29, 0.717) is 29.3 Å². The Morgan fingerprint density at radius 3 is 2.47 bits per heavy atom. The molecule has 0 aliphatic heterocycles. The van der Waals surface area contributed by atoms with Crippen molar-refractivity contribution in [1.82, 2.24) is 4.57 Å². The predicted molar refractivity (Wildman–Crippen MR) is 113 cm³/mol. The van der Waals surface area contributed by atoms with Crippen LogP contribution in [0.3, 0.4) is 0 Å². The van der Waals surface area contributed by atoms with Crippen LogP contribution >= 0.6 is 0 Å². The van der Waals surface area contributed by atoms with E-state index in [4.69, 9.17) is 9.47 Å². The summed E-state index contributed by atoms with van der Waals surface area (Å²) in [7, 11) is 0. The van der Waals surface area contributed by atoms with Gasteiger partial charge in [-0.1, -0.05) is 12.8 Å². The number of aromatic nitrogens is 1. The number of rotatable bonds is 7. The molecule has 0 radical (unpaired) electrons. The maximum absolute atomic E-state index is 12.5. The summed E-state index contributed by atoms with van der Waals surface area (Å²) >= 11 is 0. The average Bonchev–Trinajstić information content (AvgIpc) is 3.34. The lowest BCUT2D eigenvalue weighted by Gasteiger charge is -2.19. The zero-order valence-corrected chi connectivity index (χ0v) is 17.7. The fourth-order valence-corrected chi connectivity index (χ4v) is 3.94. The smallest absolute Gasteiger partial charge is 0.338 e. The number of carbonyl (C=O) groups is 2. The number of hydrogen-bond acceptors (Lipinski definition) is 5. The van der Waals surface area contributed by atoms with Crippen molar-refractivity contribution in [2.45, 2.75) is 52.5 Å². The van der Waals surface area contributed by atoms with Gasteiger partial charge in [-0.05, 0) is 63.4 Å². The van der Waals surface area contributed by atoms with E-state index in [2.05, 4.69) is 16.0 Å². The fraction of sp³-hybridized carbons (Fsp3) is 0.435. The van der Waals surface area contributed by atoms with Gasteiger partial charge in [0.2, 0.25) is 0 Å². The van der Waals surface area contributed by atoms with Gasteiger partial charge < -0.3 is 19.4 Å². The van der Waals surface area contributed by atoms with E-state index in [9.17, 15) is 14.9 Å². The summed E-state index contributed by atoms with van der Waals surface area (Å²) in [4.78, 5) is 24.7. The van der Waals surface area contributed by atoms with E-state index in [1.807, 2.05) is 20.8 Å². The zero-order valence-electron chi connectivity index (χ0n) is 17.7. The molecular formula is C23H27N3O4. The van der Waals surface area contributed by atoms with Gasteiger partial charge in [-0.15, -0.1) is 0 Å². The van der Waals surface area contributed by atoms with Gasteiger partial charge in [0.1, 0.15) is 17.6 Å². The Morgan fingerprint density at radius 1 is 1.20 bits per heavy atom. The molecule has 0 saturated heterocycles. The third kappa shape index (κ3) is 4.48. The van der Waals surface area contributed by atoms with E-state index in [1.54, 1.807) is 24.3 Å². The molecule has 0 atom stereocenters. The number of esters is 1. The van der Waals surface area contributed by atoms with Gasteiger partial charge >= 0.3 is 5.97 Å². The molecule has 7 nitrogen and oxygen atoms in total. The van der Waals surface area contributed by atoms with Crippen LogP contribution in [-0.2, 0) is 9.53 Å². The number of nitriles is 1. The number of anilines is 1. The molecule has 1 aromatic heterocycles. The lowest BCUT2D eigenvalue weighted by atomic mass is 10.2. The number of nitrogens with zero attached hydrogens (tertiary/aromatic N) is 2. The molecular weight excluding hydrogens is 382 g/mol. The molecule has 30 heavy (non-hydrogen) atoms. The topological polar surface area (TPSA) is 93.3 Å². The Balaban J connectivity index is 1.68. The molecule has 7 heteroatoms. The first-order valence-electron chi connectivity index (χ1n) is 10.3. The number of benzene rings is 1. The highest BCUT2D eigenvalue weighted by Crippen LogP contribution is 2.37. The van der Waals surface area contributed by atoms with Crippen LogP contribution < -0.4 is 10.1 Å². The highest BCUT2D eigenvalue weighted by Gasteiger charge is 2.26. The second-order valence-electron chi connectivity index (χ2n) is 7.44. The summed E-state index contributed by atoms with van der Waals surface area (Å²) in [5.74, 6) is 0.102. The molecule has 0 spiro atoms. The Labute approximate surface area is 176 Å². The summed E-state index contributed by atoms with van der Waals surface area (Å²) in [6.45, 7) is 5.85. The molecule has 1 heterocycles. The fourth-order valence-electron chi connectivity index (χ4n) is 3.94. The van der Waals surface area contributed by atoms with Crippen molar-refractivity contribution in [2.24, 2.45) is 0 Å². The Hall–Kier alpha value is -3.27. The van der Waals surface area contributed by atoms with E-state index < -0.39 is 18.5 Å². The molecule has 1 N–H and O–H groups in total. The number of carbonyl (C=O) groups excluding carboxylic acids is 2. The molecule has 0 bridgehead atoms. The minimum atomic E-state index is -0.591. The maximum Gasteiger partial charge on any atom is 0.338 e. The van der Waals surface area contributed by atoms with Crippen molar-refractivity contribution < 1.29 is 19.1 Å². The Kier molecular flexibility index (Phi) is 6.78. The third-order valence-corrected chi connectivity index (χ3v) is 5.55. The molecule has 2 aromatic rings. The van der Waals surface area contributed by atoms with Crippen molar-refractivity contribution in [3.63, 3.8) is 0 Å². The first kappa shape index (κ1) is 21.4. The molecule has 3 rings (SSSR count). The van der Waals surface area contributed by atoms with Crippen LogP contribution in [0.4, 0.5) is 5.82 Å². The summed E-state index contributed by atoms with van der Waals surface area (Å²) in [5.41, 5.74) is 2.65. The van der Waals surface area contributed by atoms with Crippen LogP contribution in [0.15, 0.2) is 24.3 Å². The van der Waals surface area contributed by atoms with Gasteiger partial charge in [0.05, 0.1) is 17.7 Å². The predicted octanol–water partition coefficient (Wildman–Crippen LogP) is 4.29. The van der Waals surface area contributed by atoms with Crippen LogP contribution in [0.25, 0.3) is 0 Å². The largest absolute Gasteiger partial charge is 0.494 e. The molecule has 1 amide bonds. The van der Waals surface area contributed by atoms with Crippen molar-refractivity contribution in [3.05, 3.63) is 46.6 Å². The van der Waals surface area contributed by atoms with Crippen molar-refractivity contribution in [2.75, 3.05) is 18.5 Å². The van der Waals surface area contributed by atoms with Crippen LogP contribution in [0.5, 0.6) is 5.75 Å². The quantitative estimate of drug-likeness (QED) is 0.689. The Bertz CT molecular complexity index is 964. The third-order valence-electron chi connectivity index (χ3n) is 5.55. The number of hydrogen-bond donors (Lipinski definition) is 1. The monoisotopic (exact) mass is 409 g/mol. The number of ether oxygens (including phenoxy) is 2. The minimum absolute atomic E-state index is 0.271. The highest BCUT2D eigenvalue weighted by molar-refractivity contribution is 5.96. The van der Waals surface area contributed by atoms with Gasteiger partial charge in [0, 0.05) is 11.7 Å². The molecule has 1 fully saturated rings. The normalized spacial score (nSPS) is 13.7. The molecule has 0 unspecified atom stereocenters. The van der Waals surface area contributed by atoms with Gasteiger partial charge in [-0.2, -0.15) is 5.26 Å². The number of amides is 1. The SMILES string of the molecule is CCOc1ccc(C(=O)OCC(=O)Nc2c(C#N)c(C)c(C)n2C2CCCC2)cc1. The summed E-state index contributed by atoms with van der Waals surface area (Å²) in [6.07, 6.45) is 4.32. The molecule has 1 aromatic carbocycles. The average molecular weight is 409 g/mol. The first-order chi connectivity index (χ1) is 14.5. The summed E-state index contributed by atoms with van der Waals surface area (Å²) in [6, 6.07) is 9.02. The second kappa shape index (κ2) is 9.49. The van der Waals surface area contributed by atoms with Crippen LogP contribution in [0.2, 0.25) is 0 Å². The van der Waals surface area contributed by atoms with Gasteiger partial charge in [-0.3, -0.25) is 4.79 Å². The second-order valence-corrected chi connectivity index (χ2v) is 7.44. The summed E-state index contributed by atoms with van der Waals surface area (Å²) in [5, 5.41) is 12.4. The number of nitrogens with one attached hydrogen (secondary N) is 1. The van der Waals surface area contributed by atoms with E-state index in [0.717, 1.165) is 36.9 Å². The standard InChI is InChI=1S/C23H27N3O4/c1-4-29-19-11-9-17(10-12-19)23(28)30-14-21(27)25-22-20(13-24)15(2)16(3)26(22)18-7-5-6-8-18/h9-12,18H,4-8,14H2,1-3H3,(H,25,27). The van der Waals surface area contributed by atoms with Gasteiger partial charge in [0.25, 0.3) is 5.91 Å². The van der Waals surface area contributed by atoms with Crippen LogP contribution in [0.1, 0.15) is 65.8 Å². The maximum atomic E-state index is 12.5. The lowest BCUT2D eigenvalue weighted by Crippen LogP contribution is -2.23. The zero-order chi connectivity index (χ0) is 21.7. The van der Waals surface area contributed by atoms with E-state index in [1.165, 1.54) is 0 Å². The first-order valence-corrected chi connectivity index (χ1v) is 10.3.